The number of carbonyl (C=O) groups excluding carboxylic acids is 4. The van der Waals surface area contributed by atoms with Crippen LogP contribution in [0.5, 0.6) is 0 Å². The topological polar surface area (TPSA) is 165 Å². The Kier molecular flexibility index (Phi) is 16.0. The number of alkyl carbamates (subject to hydrolysis) is 1. The SMILES string of the molecule is CCC(C)C(C(=O)NC(Cc1ccccc1)C(O)CN(Cc1ccc(C(F)(F)F)cc1)NC(=O)CC(C)(C)CNC(=O)OC)C1CNC(=O)N1Cc1cccc(C)n1. The third kappa shape index (κ3) is 13.4. The van der Waals surface area contributed by atoms with Crippen LogP contribution in [0.1, 0.15) is 68.6 Å². The van der Waals surface area contributed by atoms with Gasteiger partial charge < -0.3 is 30.7 Å². The number of amides is 5. The molecule has 2 aromatic carbocycles. The van der Waals surface area contributed by atoms with Crippen molar-refractivity contribution in [3.8, 4) is 0 Å². The Morgan fingerprint density at radius 1 is 1.03 bits per heavy atom. The fourth-order valence-corrected chi connectivity index (χ4v) is 7.04. The van der Waals surface area contributed by atoms with Gasteiger partial charge in [0.1, 0.15) is 0 Å². The quantitative estimate of drug-likeness (QED) is 0.101. The second-order valence-corrected chi connectivity index (χ2v) is 15.7. The van der Waals surface area contributed by atoms with Crippen LogP contribution < -0.4 is 21.4 Å². The van der Waals surface area contributed by atoms with Crippen molar-refractivity contribution in [1.82, 2.24) is 36.3 Å². The first-order valence-electron chi connectivity index (χ1n) is 19.4. The standard InChI is InChI=1S/C42H56F3N7O6/c1-7-27(2)37(34-22-46-39(56)52(34)24-32-15-11-12-28(3)48-32)38(55)49-33(20-29-13-9-8-10-14-29)35(53)25-51(23-30-16-18-31(19-17-30)42(43,44)45)50-36(54)21-41(4,5)26-47-40(57)58-6/h8-19,27,33-35,37,53H,7,20-26H2,1-6H3,(H,46,56)(H,47,57)(H,49,55)(H,50,54). The van der Waals surface area contributed by atoms with Crippen molar-refractivity contribution < 1.29 is 42.2 Å². The van der Waals surface area contributed by atoms with Crippen LogP contribution in [0.15, 0.2) is 72.8 Å². The van der Waals surface area contributed by atoms with Crippen LogP contribution in [0, 0.1) is 24.2 Å². The normalized spacial score (nSPS) is 16.6. The van der Waals surface area contributed by atoms with Crippen LogP contribution in [0.3, 0.4) is 0 Å². The van der Waals surface area contributed by atoms with Gasteiger partial charge in [-0.25, -0.2) is 14.6 Å². The molecule has 1 aromatic heterocycles. The van der Waals surface area contributed by atoms with E-state index in [9.17, 15) is 37.5 Å². The summed E-state index contributed by atoms with van der Waals surface area (Å²) in [4.78, 5) is 59.1. The number of alkyl halides is 3. The number of hydrogen-bond donors (Lipinski definition) is 5. The molecule has 0 spiro atoms. The van der Waals surface area contributed by atoms with Gasteiger partial charge in [0, 0.05) is 38.3 Å². The van der Waals surface area contributed by atoms with E-state index < -0.39 is 53.3 Å². The highest BCUT2D eigenvalue weighted by Crippen LogP contribution is 2.30. The first-order chi connectivity index (χ1) is 27.4. The number of methoxy groups -OCH3 is 1. The van der Waals surface area contributed by atoms with Gasteiger partial charge in [-0.2, -0.15) is 13.2 Å². The summed E-state index contributed by atoms with van der Waals surface area (Å²) in [5, 5.41) is 22.0. The number of halogens is 3. The van der Waals surface area contributed by atoms with Gasteiger partial charge in [0.15, 0.2) is 0 Å². The van der Waals surface area contributed by atoms with Gasteiger partial charge in [-0.05, 0) is 60.1 Å². The molecule has 5 unspecified atom stereocenters. The number of aliphatic hydroxyl groups excluding tert-OH is 1. The Hall–Kier alpha value is -5.22. The summed E-state index contributed by atoms with van der Waals surface area (Å²) >= 11 is 0. The zero-order chi connectivity index (χ0) is 42.6. The van der Waals surface area contributed by atoms with Crippen molar-refractivity contribution in [2.24, 2.45) is 17.3 Å². The Morgan fingerprint density at radius 2 is 1.72 bits per heavy atom. The zero-order valence-corrected chi connectivity index (χ0v) is 33.9. The maximum Gasteiger partial charge on any atom is 0.416 e. The summed E-state index contributed by atoms with van der Waals surface area (Å²) in [6.45, 7) is 9.54. The average Bonchev–Trinajstić information content (AvgIpc) is 3.51. The Morgan fingerprint density at radius 3 is 2.34 bits per heavy atom. The number of benzene rings is 2. The number of pyridine rings is 1. The number of nitrogens with one attached hydrogen (secondary N) is 4. The molecule has 5 atom stereocenters. The molecule has 13 nitrogen and oxygen atoms in total. The maximum atomic E-state index is 14.5. The molecule has 4 rings (SSSR count). The monoisotopic (exact) mass is 811 g/mol. The third-order valence-corrected chi connectivity index (χ3v) is 10.3. The van der Waals surface area contributed by atoms with Gasteiger partial charge in [0.05, 0.1) is 49.0 Å². The second kappa shape index (κ2) is 20.5. The van der Waals surface area contributed by atoms with Gasteiger partial charge >= 0.3 is 18.3 Å². The molecule has 0 aliphatic carbocycles. The molecule has 1 aliphatic rings. The lowest BCUT2D eigenvalue weighted by atomic mass is 9.83. The molecule has 0 saturated carbocycles. The lowest BCUT2D eigenvalue weighted by Gasteiger charge is -2.36. The first-order valence-corrected chi connectivity index (χ1v) is 19.4. The number of rotatable bonds is 19. The van der Waals surface area contributed by atoms with Crippen LogP contribution in [0.2, 0.25) is 0 Å². The van der Waals surface area contributed by atoms with Crippen LogP contribution in [0.25, 0.3) is 0 Å². The summed E-state index contributed by atoms with van der Waals surface area (Å²) in [7, 11) is 1.23. The fraction of sp³-hybridized carbons (Fsp3) is 0.500. The number of aliphatic hydroxyl groups is 1. The van der Waals surface area contributed by atoms with Crippen molar-refractivity contribution in [2.45, 2.75) is 91.3 Å². The summed E-state index contributed by atoms with van der Waals surface area (Å²) in [5.41, 5.74) is 3.96. The fourth-order valence-electron chi connectivity index (χ4n) is 7.04. The zero-order valence-electron chi connectivity index (χ0n) is 33.9. The molecule has 316 valence electrons. The molecule has 5 N–H and O–H groups in total. The van der Waals surface area contributed by atoms with E-state index in [4.69, 9.17) is 0 Å². The Balaban J connectivity index is 1.61. The average molecular weight is 812 g/mol. The number of ether oxygens (including phenoxy) is 1. The smallest absolute Gasteiger partial charge is 0.416 e. The Bertz CT molecular complexity index is 1830. The van der Waals surface area contributed by atoms with Crippen molar-refractivity contribution in [1.29, 1.82) is 0 Å². The predicted molar refractivity (Wildman–Crippen MR) is 212 cm³/mol. The number of aryl methyl sites for hydroxylation is 1. The highest BCUT2D eigenvalue weighted by atomic mass is 19.4. The number of carbonyl (C=O) groups is 4. The van der Waals surface area contributed by atoms with E-state index in [1.165, 1.54) is 24.3 Å². The number of aromatic nitrogens is 1. The van der Waals surface area contributed by atoms with Crippen molar-refractivity contribution in [3.63, 3.8) is 0 Å². The summed E-state index contributed by atoms with van der Waals surface area (Å²) in [5.74, 6) is -1.69. The minimum Gasteiger partial charge on any atom is -0.453 e. The summed E-state index contributed by atoms with van der Waals surface area (Å²) < 4.78 is 44.8. The molecule has 1 aliphatic heterocycles. The van der Waals surface area contributed by atoms with Gasteiger partial charge in [-0.1, -0.05) is 82.6 Å². The summed E-state index contributed by atoms with van der Waals surface area (Å²) in [6.07, 6.45) is -5.74. The van der Waals surface area contributed by atoms with Crippen LogP contribution >= 0.6 is 0 Å². The highest BCUT2D eigenvalue weighted by Gasteiger charge is 2.43. The van der Waals surface area contributed by atoms with E-state index in [2.05, 4.69) is 31.1 Å². The van der Waals surface area contributed by atoms with Crippen LogP contribution in [0.4, 0.5) is 22.8 Å². The molecule has 0 bridgehead atoms. The van der Waals surface area contributed by atoms with Gasteiger partial charge in [-0.15, -0.1) is 0 Å². The highest BCUT2D eigenvalue weighted by molar-refractivity contribution is 5.83. The van der Waals surface area contributed by atoms with E-state index >= 15 is 0 Å². The summed E-state index contributed by atoms with van der Waals surface area (Å²) in [6, 6.07) is 17.6. The first kappa shape index (κ1) is 45.5. The molecular weight excluding hydrogens is 755 g/mol. The van der Waals surface area contributed by atoms with E-state index in [1.54, 1.807) is 18.7 Å². The van der Waals surface area contributed by atoms with Gasteiger partial charge in [0.2, 0.25) is 11.8 Å². The molecule has 5 amide bonds. The van der Waals surface area contributed by atoms with Crippen molar-refractivity contribution in [3.05, 3.63) is 101 Å². The van der Waals surface area contributed by atoms with Crippen molar-refractivity contribution >= 4 is 23.9 Å². The van der Waals surface area contributed by atoms with E-state index in [-0.39, 0.29) is 63.4 Å². The van der Waals surface area contributed by atoms with E-state index in [0.717, 1.165) is 23.4 Å². The number of hydrogen-bond acceptors (Lipinski definition) is 8. The number of hydrazine groups is 1. The maximum absolute atomic E-state index is 14.5. The molecule has 58 heavy (non-hydrogen) atoms. The minimum atomic E-state index is -4.54. The second-order valence-electron chi connectivity index (χ2n) is 15.7. The van der Waals surface area contributed by atoms with Crippen LogP contribution in [-0.2, 0) is 40.0 Å². The molecule has 0 radical (unpaired) electrons. The molecule has 1 fully saturated rings. The molecular formula is C42H56F3N7O6. The molecule has 2 heterocycles. The lowest BCUT2D eigenvalue weighted by molar-refractivity contribution is -0.137. The predicted octanol–water partition coefficient (Wildman–Crippen LogP) is 5.36. The third-order valence-electron chi connectivity index (χ3n) is 10.3. The Labute approximate surface area is 338 Å². The number of nitrogens with zero attached hydrogens (tertiary/aromatic N) is 3. The van der Waals surface area contributed by atoms with Crippen LogP contribution in [-0.4, -0.2) is 88.9 Å². The largest absolute Gasteiger partial charge is 0.453 e. The van der Waals surface area contributed by atoms with Crippen molar-refractivity contribution in [2.75, 3.05) is 26.7 Å². The molecule has 1 saturated heterocycles. The van der Waals surface area contributed by atoms with Gasteiger partial charge in [-0.3, -0.25) is 20.0 Å². The molecule has 16 heteroatoms. The van der Waals surface area contributed by atoms with Gasteiger partial charge in [0.25, 0.3) is 0 Å². The minimum absolute atomic E-state index is 0.0694. The molecule has 3 aromatic rings. The van der Waals surface area contributed by atoms with E-state index in [0.29, 0.717) is 17.7 Å². The lowest BCUT2D eigenvalue weighted by Crippen LogP contribution is -2.56. The van der Waals surface area contributed by atoms with E-state index in [1.807, 2.05) is 69.3 Å². The number of urea groups is 1.